The van der Waals surface area contributed by atoms with Gasteiger partial charge < -0.3 is 14.4 Å². The van der Waals surface area contributed by atoms with E-state index < -0.39 is 17.3 Å². The van der Waals surface area contributed by atoms with E-state index in [9.17, 15) is 14.7 Å². The zero-order chi connectivity index (χ0) is 13.3. The Morgan fingerprint density at radius 2 is 2.41 bits per heavy atom. The molecule has 0 fully saturated rings. The Morgan fingerprint density at radius 3 is 2.82 bits per heavy atom. The van der Waals surface area contributed by atoms with Gasteiger partial charge in [-0.25, -0.2) is 0 Å². The molecule has 0 saturated carbocycles. The van der Waals surface area contributed by atoms with E-state index in [1.165, 1.54) is 13.0 Å². The maximum atomic E-state index is 11.4. The summed E-state index contributed by atoms with van der Waals surface area (Å²) in [5.41, 5.74) is -1.78. The molecule has 0 saturated heterocycles. The second-order valence-corrected chi connectivity index (χ2v) is 3.75. The van der Waals surface area contributed by atoms with Gasteiger partial charge in [0.1, 0.15) is 5.60 Å². The number of hydrogen-bond donors (Lipinski definition) is 1. The molecule has 95 valence electrons. The Balaban J connectivity index is 0. The van der Waals surface area contributed by atoms with Crippen LogP contribution in [-0.2, 0) is 46.8 Å². The van der Waals surface area contributed by atoms with E-state index in [0.29, 0.717) is 6.42 Å². The summed E-state index contributed by atoms with van der Waals surface area (Å²) in [6.45, 7) is 1.56. The maximum Gasteiger partial charge on any atom is 0.159 e. The van der Waals surface area contributed by atoms with Crippen molar-refractivity contribution < 1.29 is 53.3 Å². The van der Waals surface area contributed by atoms with E-state index >= 15 is 0 Å². The van der Waals surface area contributed by atoms with Crippen LogP contribution in [-0.4, -0.2) is 29.4 Å². The van der Waals surface area contributed by atoms with Crippen molar-refractivity contribution in [2.24, 2.45) is 5.92 Å². The van der Waals surface area contributed by atoms with Crippen molar-refractivity contribution in [2.75, 3.05) is 6.61 Å². The number of aliphatic hydroxyl groups is 1. The van der Waals surface area contributed by atoms with Gasteiger partial charge in [-0.3, -0.25) is 11.1 Å². The summed E-state index contributed by atoms with van der Waals surface area (Å²) >= 11 is 0. The smallest absolute Gasteiger partial charge is 0.159 e. The van der Waals surface area contributed by atoms with Crippen LogP contribution in [0.25, 0.3) is 0 Å². The Labute approximate surface area is 131 Å². The maximum absolute atomic E-state index is 11.4. The first-order valence-electron chi connectivity index (χ1n) is 5.62. The first-order chi connectivity index (χ1) is 8.02. The van der Waals surface area contributed by atoms with E-state index in [0.717, 1.165) is 0 Å². The summed E-state index contributed by atoms with van der Waals surface area (Å²) in [5, 5.41) is 10.2. The standard InChI is InChI=1S/C11H18O4P.Y/c1-3-4-5-10(8-12)11(14,9(2)13)6-7-15-16;/h4-5,10,14H,3,6-7,16H2,1-2H3;/q-1;/b5-4+;/i1D;. The number of Topliss-reactive ketones (excluding diaryl/α,β-unsaturated/α-hetero) is 1. The summed E-state index contributed by atoms with van der Waals surface area (Å²) in [6, 6.07) is 0. The van der Waals surface area contributed by atoms with Gasteiger partial charge in [-0.15, -0.1) is 6.08 Å². The first kappa shape index (κ1) is 17.5. The fraction of sp³-hybridized carbons (Fsp3) is 0.636. The molecular formula is C11H18O4PY-. The number of carbonyl (C=O) groups excluding carboxylic acids is 2. The predicted octanol–water partition coefficient (Wildman–Crippen LogP) is 1.19. The van der Waals surface area contributed by atoms with Gasteiger partial charge in [-0.2, -0.15) is 0 Å². The van der Waals surface area contributed by atoms with E-state index in [4.69, 9.17) is 5.89 Å². The molecule has 0 bridgehead atoms. The molecule has 0 heterocycles. The van der Waals surface area contributed by atoms with Gasteiger partial charge in [0.25, 0.3) is 0 Å². The van der Waals surface area contributed by atoms with Gasteiger partial charge in [0, 0.05) is 50.0 Å². The SMILES string of the molecule is [2H]CC/C=C/C([C-]=O)C(O)(CCOP)C(C)=O.[Y]. The summed E-state index contributed by atoms with van der Waals surface area (Å²) in [7, 11) is 2.02. The van der Waals surface area contributed by atoms with Crippen LogP contribution in [0.1, 0.15) is 28.0 Å². The molecule has 4 nitrogen and oxygen atoms in total. The third-order valence-corrected chi connectivity index (χ3v) is 2.58. The zero-order valence-corrected chi connectivity index (χ0v) is 13.9. The van der Waals surface area contributed by atoms with Gasteiger partial charge >= 0.3 is 0 Å². The summed E-state index contributed by atoms with van der Waals surface area (Å²) in [5.74, 6) is -1.52. The molecule has 0 aromatic rings. The van der Waals surface area contributed by atoms with Crippen molar-refractivity contribution in [2.45, 2.75) is 32.3 Å². The molecule has 0 spiro atoms. The molecule has 3 unspecified atom stereocenters. The molecule has 1 radical (unpaired) electrons. The number of carbonyl (C=O) groups is 1. The van der Waals surface area contributed by atoms with Crippen LogP contribution in [0.2, 0.25) is 0 Å². The van der Waals surface area contributed by atoms with Crippen molar-refractivity contribution in [1.29, 1.82) is 0 Å². The zero-order valence-electron chi connectivity index (χ0n) is 10.9. The number of ketones is 1. The molecule has 1 N–H and O–H groups in total. The van der Waals surface area contributed by atoms with Crippen LogP contribution in [0.15, 0.2) is 12.2 Å². The van der Waals surface area contributed by atoms with Crippen LogP contribution in [0.5, 0.6) is 0 Å². The third-order valence-electron chi connectivity index (χ3n) is 2.35. The number of rotatable bonds is 8. The molecule has 0 rings (SSSR count). The van der Waals surface area contributed by atoms with Crippen LogP contribution >= 0.6 is 9.47 Å². The van der Waals surface area contributed by atoms with Crippen LogP contribution in [0, 0.1) is 5.92 Å². The van der Waals surface area contributed by atoms with Crippen molar-refractivity contribution >= 4 is 21.5 Å². The molecule has 0 aromatic carbocycles. The van der Waals surface area contributed by atoms with Crippen LogP contribution in [0.3, 0.4) is 0 Å². The Hall–Kier alpha value is 0.534. The van der Waals surface area contributed by atoms with Crippen LogP contribution < -0.4 is 0 Å². The second-order valence-electron chi connectivity index (χ2n) is 3.41. The summed E-state index contributed by atoms with van der Waals surface area (Å²) < 4.78 is 11.7. The largest absolute Gasteiger partial charge is 0.541 e. The Kier molecular flexibility index (Phi) is 10.8. The van der Waals surface area contributed by atoms with Gasteiger partial charge in [-0.05, 0) is 13.3 Å². The summed E-state index contributed by atoms with van der Waals surface area (Å²) in [4.78, 5) is 22.3. The first-order valence-corrected chi connectivity index (χ1v) is 5.38. The molecule has 17 heavy (non-hydrogen) atoms. The fourth-order valence-electron chi connectivity index (χ4n) is 1.29. The third kappa shape index (κ3) is 6.31. The Bertz CT molecular complexity index is 288. The quantitative estimate of drug-likeness (QED) is 0.411. The molecule has 3 atom stereocenters. The average molecular weight is 335 g/mol. The van der Waals surface area contributed by atoms with E-state index in [1.54, 1.807) is 12.4 Å². The molecule has 6 heteroatoms. The molecule has 0 aromatic heterocycles. The average Bonchev–Trinajstić information content (AvgIpc) is 2.31. The van der Waals surface area contributed by atoms with Gasteiger partial charge in [-0.1, -0.05) is 18.9 Å². The molecular weight excluding hydrogens is 316 g/mol. The minimum atomic E-state index is -1.78. The molecule has 0 aliphatic carbocycles. The van der Waals surface area contributed by atoms with Crippen LogP contribution in [0.4, 0.5) is 0 Å². The van der Waals surface area contributed by atoms with E-state index in [2.05, 4.69) is 0 Å². The molecule has 0 aliphatic rings. The van der Waals surface area contributed by atoms with Gasteiger partial charge in [0.15, 0.2) is 5.78 Å². The van der Waals surface area contributed by atoms with Crippen molar-refractivity contribution in [1.82, 2.24) is 0 Å². The topological polar surface area (TPSA) is 63.6 Å². The minimum absolute atomic E-state index is 0. The van der Waals surface area contributed by atoms with Gasteiger partial charge in [0.05, 0.1) is 6.61 Å². The predicted molar refractivity (Wildman–Crippen MR) is 64.5 cm³/mol. The number of allylic oxidation sites excluding steroid dienone is 1. The number of hydrogen-bond acceptors (Lipinski definition) is 4. The monoisotopic (exact) mass is 335 g/mol. The minimum Gasteiger partial charge on any atom is -0.541 e. The molecule has 0 amide bonds. The summed E-state index contributed by atoms with van der Waals surface area (Å²) in [6.07, 6.45) is 5.17. The second kappa shape index (κ2) is 10.5. The van der Waals surface area contributed by atoms with Crippen molar-refractivity contribution in [3.8, 4) is 0 Å². The van der Waals surface area contributed by atoms with Crippen molar-refractivity contribution in [3.63, 3.8) is 0 Å². The van der Waals surface area contributed by atoms with Gasteiger partial charge in [0.2, 0.25) is 0 Å². The van der Waals surface area contributed by atoms with E-state index in [1.807, 2.05) is 9.47 Å². The fourth-order valence-corrected chi connectivity index (χ4v) is 1.41. The molecule has 0 aliphatic heterocycles. The Morgan fingerprint density at radius 1 is 1.76 bits per heavy atom. The van der Waals surface area contributed by atoms with E-state index in [-0.39, 0.29) is 52.6 Å². The normalized spacial score (nSPS) is 16.8. The van der Waals surface area contributed by atoms with Crippen molar-refractivity contribution in [3.05, 3.63) is 12.2 Å².